The first-order chi connectivity index (χ1) is 9.88. The summed E-state index contributed by atoms with van der Waals surface area (Å²) in [6.45, 7) is 4.38. The Morgan fingerprint density at radius 3 is 2.67 bits per heavy atom. The van der Waals surface area contributed by atoms with Gasteiger partial charge in [0.05, 0.1) is 10.5 Å². The molecule has 1 aromatic rings. The molecule has 1 aliphatic rings. The SMILES string of the molecule is CC1CCC(Nc2ccc([N+](=O)[O-])cc2C(=O)O)C(C)C1. The van der Waals surface area contributed by atoms with Crippen molar-refractivity contribution in [2.45, 2.75) is 39.2 Å². The molecule has 6 heteroatoms. The van der Waals surface area contributed by atoms with Crippen LogP contribution in [0.2, 0.25) is 0 Å². The second-order valence-electron chi connectivity index (χ2n) is 5.94. The molecular weight excluding hydrogens is 272 g/mol. The highest BCUT2D eigenvalue weighted by molar-refractivity contribution is 5.95. The molecule has 1 fully saturated rings. The van der Waals surface area contributed by atoms with Crippen molar-refractivity contribution >= 4 is 17.3 Å². The van der Waals surface area contributed by atoms with Crippen LogP contribution in [-0.2, 0) is 0 Å². The Bertz CT molecular complexity index is 559. The van der Waals surface area contributed by atoms with Crippen molar-refractivity contribution in [2.75, 3.05) is 5.32 Å². The summed E-state index contributed by atoms with van der Waals surface area (Å²) in [5, 5.41) is 23.3. The lowest BCUT2D eigenvalue weighted by Gasteiger charge is -2.34. The fraction of sp³-hybridized carbons (Fsp3) is 0.533. The molecule has 0 aromatic heterocycles. The number of nitrogens with one attached hydrogen (secondary N) is 1. The first-order valence-corrected chi connectivity index (χ1v) is 7.16. The van der Waals surface area contributed by atoms with Crippen LogP contribution in [0, 0.1) is 22.0 Å². The van der Waals surface area contributed by atoms with Gasteiger partial charge in [-0.25, -0.2) is 4.79 Å². The molecule has 0 bridgehead atoms. The second-order valence-corrected chi connectivity index (χ2v) is 5.94. The van der Waals surface area contributed by atoms with Gasteiger partial charge < -0.3 is 10.4 Å². The second kappa shape index (κ2) is 6.11. The van der Waals surface area contributed by atoms with Crippen LogP contribution in [0.15, 0.2) is 18.2 Å². The molecule has 0 heterocycles. The number of carbonyl (C=O) groups is 1. The third-order valence-corrected chi connectivity index (χ3v) is 4.22. The summed E-state index contributed by atoms with van der Waals surface area (Å²) in [6.07, 6.45) is 3.20. The van der Waals surface area contributed by atoms with E-state index in [-0.39, 0.29) is 17.3 Å². The number of nitrogens with zero attached hydrogens (tertiary/aromatic N) is 1. The maximum Gasteiger partial charge on any atom is 0.338 e. The minimum Gasteiger partial charge on any atom is -0.478 e. The van der Waals surface area contributed by atoms with Crippen LogP contribution in [-0.4, -0.2) is 22.0 Å². The van der Waals surface area contributed by atoms with E-state index in [0.717, 1.165) is 25.3 Å². The average molecular weight is 292 g/mol. The summed E-state index contributed by atoms with van der Waals surface area (Å²) in [6, 6.07) is 4.15. The Morgan fingerprint density at radius 2 is 2.10 bits per heavy atom. The number of aromatic carboxylic acids is 1. The van der Waals surface area contributed by atoms with E-state index in [1.54, 1.807) is 0 Å². The van der Waals surface area contributed by atoms with E-state index in [0.29, 0.717) is 17.5 Å². The van der Waals surface area contributed by atoms with Crippen LogP contribution in [0.1, 0.15) is 43.5 Å². The molecule has 0 amide bonds. The number of hydrogen-bond donors (Lipinski definition) is 2. The molecule has 3 atom stereocenters. The molecule has 0 spiro atoms. The molecule has 2 rings (SSSR count). The fourth-order valence-electron chi connectivity index (χ4n) is 3.03. The highest BCUT2D eigenvalue weighted by Gasteiger charge is 2.26. The number of rotatable bonds is 4. The predicted molar refractivity (Wildman–Crippen MR) is 79.6 cm³/mol. The summed E-state index contributed by atoms with van der Waals surface area (Å²) < 4.78 is 0. The quantitative estimate of drug-likeness (QED) is 0.654. The van der Waals surface area contributed by atoms with E-state index in [1.807, 2.05) is 0 Å². The van der Waals surface area contributed by atoms with Crippen LogP contribution in [0.25, 0.3) is 0 Å². The molecule has 0 saturated heterocycles. The van der Waals surface area contributed by atoms with Crippen molar-refractivity contribution in [2.24, 2.45) is 11.8 Å². The molecule has 1 aromatic carbocycles. The Labute approximate surface area is 123 Å². The zero-order chi connectivity index (χ0) is 15.6. The first kappa shape index (κ1) is 15.3. The third kappa shape index (κ3) is 3.51. The molecular formula is C15H20N2O4. The summed E-state index contributed by atoms with van der Waals surface area (Å²) in [7, 11) is 0. The number of benzene rings is 1. The van der Waals surface area contributed by atoms with Gasteiger partial charge in [0.2, 0.25) is 0 Å². The minimum atomic E-state index is -1.15. The number of carboxylic acids is 1. The molecule has 1 aliphatic carbocycles. The summed E-state index contributed by atoms with van der Waals surface area (Å²) in [4.78, 5) is 21.5. The summed E-state index contributed by atoms with van der Waals surface area (Å²) in [5.41, 5.74) is 0.206. The van der Waals surface area contributed by atoms with Crippen LogP contribution in [0.4, 0.5) is 11.4 Å². The van der Waals surface area contributed by atoms with Gasteiger partial charge in [0.25, 0.3) is 5.69 Å². The van der Waals surface area contributed by atoms with Gasteiger partial charge in [0.15, 0.2) is 0 Å². The van der Waals surface area contributed by atoms with E-state index in [1.165, 1.54) is 12.1 Å². The van der Waals surface area contributed by atoms with Gasteiger partial charge in [-0.05, 0) is 37.2 Å². The lowest BCUT2D eigenvalue weighted by atomic mass is 9.79. The summed E-state index contributed by atoms with van der Waals surface area (Å²) >= 11 is 0. The Hall–Kier alpha value is -2.11. The number of nitro benzene ring substituents is 1. The van der Waals surface area contributed by atoms with Gasteiger partial charge >= 0.3 is 5.97 Å². The standard InChI is InChI=1S/C15H20N2O4/c1-9-3-5-13(10(2)7-9)16-14-6-4-11(17(20)21)8-12(14)15(18)19/h4,6,8-10,13,16H,3,5,7H2,1-2H3,(H,18,19). The smallest absolute Gasteiger partial charge is 0.338 e. The number of anilines is 1. The number of carboxylic acid groups (broad SMARTS) is 1. The molecule has 6 nitrogen and oxygen atoms in total. The number of nitro groups is 1. The number of hydrogen-bond acceptors (Lipinski definition) is 4. The third-order valence-electron chi connectivity index (χ3n) is 4.22. The fourth-order valence-corrected chi connectivity index (χ4v) is 3.03. The van der Waals surface area contributed by atoms with Gasteiger partial charge in [-0.15, -0.1) is 0 Å². The molecule has 2 N–H and O–H groups in total. The van der Waals surface area contributed by atoms with Crippen LogP contribution >= 0.6 is 0 Å². The predicted octanol–water partition coefficient (Wildman–Crippen LogP) is 3.53. The van der Waals surface area contributed by atoms with Crippen LogP contribution in [0.3, 0.4) is 0 Å². The van der Waals surface area contributed by atoms with Gasteiger partial charge in [-0.2, -0.15) is 0 Å². The van der Waals surface area contributed by atoms with E-state index >= 15 is 0 Å². The molecule has 0 aliphatic heterocycles. The molecule has 114 valence electrons. The Kier molecular flexibility index (Phi) is 4.45. The number of non-ortho nitro benzene ring substituents is 1. The van der Waals surface area contributed by atoms with Gasteiger partial charge in [0.1, 0.15) is 0 Å². The Morgan fingerprint density at radius 1 is 1.38 bits per heavy atom. The molecule has 0 radical (unpaired) electrons. The molecule has 1 saturated carbocycles. The van der Waals surface area contributed by atoms with Gasteiger partial charge in [0, 0.05) is 23.9 Å². The van der Waals surface area contributed by atoms with E-state index in [4.69, 9.17) is 0 Å². The van der Waals surface area contributed by atoms with Crippen molar-refractivity contribution in [3.8, 4) is 0 Å². The normalized spacial score (nSPS) is 25.3. The van der Waals surface area contributed by atoms with E-state index in [2.05, 4.69) is 19.2 Å². The largest absolute Gasteiger partial charge is 0.478 e. The maximum atomic E-state index is 11.3. The minimum absolute atomic E-state index is 0.0463. The van der Waals surface area contributed by atoms with E-state index in [9.17, 15) is 20.0 Å². The zero-order valence-electron chi connectivity index (χ0n) is 12.2. The van der Waals surface area contributed by atoms with Crippen LogP contribution < -0.4 is 5.32 Å². The van der Waals surface area contributed by atoms with Gasteiger partial charge in [-0.3, -0.25) is 10.1 Å². The van der Waals surface area contributed by atoms with Crippen molar-refractivity contribution in [1.29, 1.82) is 0 Å². The monoisotopic (exact) mass is 292 g/mol. The van der Waals surface area contributed by atoms with Gasteiger partial charge in [-0.1, -0.05) is 13.8 Å². The first-order valence-electron chi connectivity index (χ1n) is 7.16. The highest BCUT2D eigenvalue weighted by atomic mass is 16.6. The topological polar surface area (TPSA) is 92.5 Å². The summed E-state index contributed by atoms with van der Waals surface area (Å²) in [5.74, 6) is -0.0162. The lowest BCUT2D eigenvalue weighted by Crippen LogP contribution is -2.33. The highest BCUT2D eigenvalue weighted by Crippen LogP contribution is 2.32. The average Bonchev–Trinajstić information content (AvgIpc) is 2.41. The Balaban J connectivity index is 2.23. The van der Waals surface area contributed by atoms with Crippen molar-refractivity contribution in [3.05, 3.63) is 33.9 Å². The van der Waals surface area contributed by atoms with Crippen LogP contribution in [0.5, 0.6) is 0 Å². The van der Waals surface area contributed by atoms with Crippen molar-refractivity contribution < 1.29 is 14.8 Å². The molecule has 21 heavy (non-hydrogen) atoms. The van der Waals surface area contributed by atoms with Crippen molar-refractivity contribution in [1.82, 2.24) is 0 Å². The van der Waals surface area contributed by atoms with E-state index < -0.39 is 10.9 Å². The molecule has 3 unspecified atom stereocenters. The zero-order valence-corrected chi connectivity index (χ0v) is 12.2. The lowest BCUT2D eigenvalue weighted by molar-refractivity contribution is -0.384. The van der Waals surface area contributed by atoms with Crippen molar-refractivity contribution in [3.63, 3.8) is 0 Å². The maximum absolute atomic E-state index is 11.3.